The third-order valence-corrected chi connectivity index (χ3v) is 9.19. The van der Waals surface area contributed by atoms with Crippen LogP contribution in [-0.2, 0) is 0 Å². The van der Waals surface area contributed by atoms with Crippen molar-refractivity contribution in [2.75, 3.05) is 0 Å². The van der Waals surface area contributed by atoms with Gasteiger partial charge in [0.2, 0.25) is 0 Å². The summed E-state index contributed by atoms with van der Waals surface area (Å²) in [7, 11) is 0. The Morgan fingerprint density at radius 2 is 0.542 bits per heavy atom. The fourth-order valence-corrected chi connectivity index (χ4v) is 7.35. The minimum absolute atomic E-state index is 0.656. The van der Waals surface area contributed by atoms with E-state index in [9.17, 15) is 0 Å². The minimum atomic E-state index is 0.656. The van der Waals surface area contributed by atoms with Gasteiger partial charge in [-0.3, -0.25) is 0 Å². The van der Waals surface area contributed by atoms with Gasteiger partial charge in [0.15, 0.2) is 17.5 Å². The average Bonchev–Trinajstić information content (AvgIpc) is 3.76. The van der Waals surface area contributed by atoms with Crippen molar-refractivity contribution in [3.8, 4) is 0 Å². The average molecular weight is 613 g/mol. The number of benzene rings is 4. The van der Waals surface area contributed by atoms with Crippen LogP contribution in [0, 0.1) is 0 Å². The highest BCUT2D eigenvalue weighted by atomic mass is 14.9. The number of nitrogens with zero attached hydrogens (tertiary/aromatic N) is 6. The number of hydrogen-bond acceptors (Lipinski definition) is 6. The lowest BCUT2D eigenvalue weighted by molar-refractivity contribution is 1.24. The van der Waals surface area contributed by atoms with Crippen LogP contribution in [0.5, 0.6) is 0 Å². The van der Waals surface area contributed by atoms with Gasteiger partial charge in [-0.15, -0.1) is 0 Å². The molecule has 6 nitrogen and oxygen atoms in total. The molecule has 0 spiro atoms. The number of rotatable bonds is 3. The highest BCUT2D eigenvalue weighted by molar-refractivity contribution is 6.42. The third kappa shape index (κ3) is 3.86. The maximum atomic E-state index is 5.28. The summed E-state index contributed by atoms with van der Waals surface area (Å²) >= 11 is 0. The van der Waals surface area contributed by atoms with Crippen LogP contribution in [0.1, 0.15) is 0 Å². The summed E-state index contributed by atoms with van der Waals surface area (Å²) < 4.78 is 0. The predicted octanol–water partition coefficient (Wildman–Crippen LogP) is 8.80. The second-order valence-corrected chi connectivity index (χ2v) is 11.8. The molecule has 0 atom stereocenters. The highest BCUT2D eigenvalue weighted by Gasteiger charge is 2.25. The Balaban J connectivity index is 1.60. The van der Waals surface area contributed by atoms with Gasteiger partial charge in [0.1, 0.15) is 0 Å². The molecular formula is C42H24N6. The van der Waals surface area contributed by atoms with Gasteiger partial charge in [0, 0.05) is 67.1 Å². The fraction of sp³-hybridized carbons (Fsp3) is 0. The van der Waals surface area contributed by atoms with Crippen molar-refractivity contribution in [2.45, 2.75) is 0 Å². The quantitative estimate of drug-likeness (QED) is 0.200. The molecule has 6 heteroatoms. The van der Waals surface area contributed by atoms with Gasteiger partial charge in [-0.25, -0.2) is 29.9 Å². The number of pyridine rings is 3. The zero-order valence-corrected chi connectivity index (χ0v) is 25.5. The molecule has 3 heterocycles. The normalized spacial score (nSPS) is 13.4. The van der Waals surface area contributed by atoms with Crippen molar-refractivity contribution in [2.24, 2.45) is 15.0 Å². The summed E-state index contributed by atoms with van der Waals surface area (Å²) in [6, 6.07) is 43.2. The molecule has 0 amide bonds. The zero-order chi connectivity index (χ0) is 31.6. The van der Waals surface area contributed by atoms with Crippen molar-refractivity contribution < 1.29 is 0 Å². The minimum Gasteiger partial charge on any atom is -0.237 e. The first-order valence-electron chi connectivity index (χ1n) is 15.9. The van der Waals surface area contributed by atoms with Crippen LogP contribution in [0.2, 0.25) is 0 Å². The molecule has 222 valence electrons. The van der Waals surface area contributed by atoms with Crippen LogP contribution in [0.25, 0.3) is 64.6 Å². The summed E-state index contributed by atoms with van der Waals surface area (Å²) in [6.07, 6.45) is 5.36. The Morgan fingerprint density at radius 1 is 0.271 bits per heavy atom. The number of hydrogen-bond donors (Lipinski definition) is 0. The van der Waals surface area contributed by atoms with E-state index in [2.05, 4.69) is 87.7 Å². The van der Waals surface area contributed by atoms with Crippen LogP contribution < -0.4 is 16.1 Å². The van der Waals surface area contributed by atoms with Crippen molar-refractivity contribution in [1.82, 2.24) is 15.0 Å². The lowest BCUT2D eigenvalue weighted by Crippen LogP contribution is -2.03. The maximum Gasteiger partial charge on any atom is 0.152 e. The van der Waals surface area contributed by atoms with Crippen molar-refractivity contribution in [1.29, 1.82) is 0 Å². The van der Waals surface area contributed by atoms with Crippen LogP contribution in [-0.4, -0.2) is 15.0 Å². The first-order chi connectivity index (χ1) is 23.8. The Kier molecular flexibility index (Phi) is 5.77. The Morgan fingerprint density at radius 3 is 0.812 bits per heavy atom. The molecule has 0 radical (unpaired) electrons. The molecule has 0 bridgehead atoms. The van der Waals surface area contributed by atoms with E-state index >= 15 is 0 Å². The van der Waals surface area contributed by atoms with Crippen LogP contribution in [0.15, 0.2) is 161 Å². The third-order valence-electron chi connectivity index (χ3n) is 9.19. The van der Waals surface area contributed by atoms with E-state index in [4.69, 9.17) is 15.0 Å². The molecule has 0 fully saturated rings. The molecule has 10 rings (SSSR count). The first kappa shape index (κ1) is 26.5. The molecule has 0 N–H and O–H groups in total. The molecule has 10 aromatic rings. The van der Waals surface area contributed by atoms with Crippen LogP contribution >= 0.6 is 0 Å². The summed E-state index contributed by atoms with van der Waals surface area (Å²) in [5.74, 6) is 1.97. The lowest BCUT2D eigenvalue weighted by Gasteiger charge is -2.04. The van der Waals surface area contributed by atoms with E-state index in [-0.39, 0.29) is 0 Å². The van der Waals surface area contributed by atoms with Gasteiger partial charge >= 0.3 is 0 Å². The van der Waals surface area contributed by atoms with E-state index in [1.807, 2.05) is 54.6 Å². The lowest BCUT2D eigenvalue weighted by atomic mass is 9.99. The second kappa shape index (κ2) is 10.4. The molecule has 0 saturated carbocycles. The summed E-state index contributed by atoms with van der Waals surface area (Å²) in [5, 5.41) is 15.8. The Bertz CT molecular complexity index is 2670. The number of fused-ring (bicyclic) bond motifs is 12. The standard InChI is InChI=1S/C42H24N6/c1-4-16-28-25(13-1)34-37(40(28)46-31-19-7-10-22-43-31)35-27-15-3-6-18-30(27)42(48-33-21-9-12-24-45-33)39(35)36-26-14-2-5-17-29(26)41(38(34)36)47-32-20-8-11-23-44-32/h1-24H/b46-40-,47-41-,48-42+. The van der Waals surface area contributed by atoms with Gasteiger partial charge < -0.3 is 0 Å². The van der Waals surface area contributed by atoms with Gasteiger partial charge in [-0.2, -0.15) is 0 Å². The Labute approximate surface area is 273 Å². The summed E-state index contributed by atoms with van der Waals surface area (Å²) in [4.78, 5) is 29.7. The van der Waals surface area contributed by atoms with E-state index in [0.717, 1.165) is 80.7 Å². The molecule has 0 unspecified atom stereocenters. The fourth-order valence-electron chi connectivity index (χ4n) is 7.35. The van der Waals surface area contributed by atoms with E-state index < -0.39 is 0 Å². The predicted molar refractivity (Wildman–Crippen MR) is 193 cm³/mol. The second-order valence-electron chi connectivity index (χ2n) is 11.8. The van der Waals surface area contributed by atoms with Crippen molar-refractivity contribution >= 4 is 82.1 Å². The van der Waals surface area contributed by atoms with E-state index in [1.54, 1.807) is 18.6 Å². The van der Waals surface area contributed by atoms with E-state index in [1.165, 1.54) is 0 Å². The van der Waals surface area contributed by atoms with E-state index in [0.29, 0.717) is 17.5 Å². The molecule has 3 aromatic heterocycles. The zero-order valence-electron chi connectivity index (χ0n) is 25.5. The van der Waals surface area contributed by atoms with Gasteiger partial charge in [-0.1, -0.05) is 91.0 Å². The first-order valence-corrected chi connectivity index (χ1v) is 15.9. The maximum absolute atomic E-state index is 5.28. The van der Waals surface area contributed by atoms with Crippen LogP contribution in [0.3, 0.4) is 0 Å². The largest absolute Gasteiger partial charge is 0.237 e. The van der Waals surface area contributed by atoms with Gasteiger partial charge in [-0.05, 0) is 52.6 Å². The SMILES string of the molecule is c1ccc(/N=c2/c3ccccc3c3c2c2c4ccccc4/c(=N/c4ccccn4)c2c2c4ccccc4/c(=N\c4ccccn4)c32)nc1. The molecule has 7 aromatic carbocycles. The molecule has 0 aliphatic rings. The highest BCUT2D eigenvalue weighted by Crippen LogP contribution is 2.43. The van der Waals surface area contributed by atoms with Crippen LogP contribution in [0.4, 0.5) is 17.5 Å². The summed E-state index contributed by atoms with van der Waals surface area (Å²) in [5.41, 5.74) is 0. The number of aromatic nitrogens is 3. The monoisotopic (exact) mass is 612 g/mol. The van der Waals surface area contributed by atoms with Crippen molar-refractivity contribution in [3.63, 3.8) is 0 Å². The molecule has 48 heavy (non-hydrogen) atoms. The molecule has 0 saturated heterocycles. The summed E-state index contributed by atoms with van der Waals surface area (Å²) in [6.45, 7) is 0. The molecule has 0 aliphatic heterocycles. The topological polar surface area (TPSA) is 75.8 Å². The molecular weight excluding hydrogens is 589 g/mol. The van der Waals surface area contributed by atoms with Gasteiger partial charge in [0.25, 0.3) is 0 Å². The molecule has 0 aliphatic carbocycles. The smallest absolute Gasteiger partial charge is 0.152 e. The van der Waals surface area contributed by atoms with Gasteiger partial charge in [0.05, 0.1) is 16.1 Å². The van der Waals surface area contributed by atoms with Crippen molar-refractivity contribution in [3.05, 3.63) is 162 Å². The Hall–Kier alpha value is -6.66.